The topological polar surface area (TPSA) is 103 Å². The number of hydrogen-bond donors (Lipinski definition) is 1. The molecule has 1 saturated heterocycles. The fourth-order valence-corrected chi connectivity index (χ4v) is 4.84. The first-order chi connectivity index (χ1) is 18.6. The summed E-state index contributed by atoms with van der Waals surface area (Å²) in [7, 11) is 1.91. The molecule has 5 rings (SSSR count). The third-order valence-electron chi connectivity index (χ3n) is 6.72. The average molecular weight is 558 g/mol. The van der Waals surface area contributed by atoms with Gasteiger partial charge in [0.2, 0.25) is 0 Å². The van der Waals surface area contributed by atoms with Gasteiger partial charge in [-0.25, -0.2) is 18.7 Å². The predicted molar refractivity (Wildman–Crippen MR) is 140 cm³/mol. The second-order valence-corrected chi connectivity index (χ2v) is 10.0. The molecular formula is C27H26ClF2N5O4. The highest BCUT2D eigenvalue weighted by Crippen LogP contribution is 2.33. The molecule has 39 heavy (non-hydrogen) atoms. The summed E-state index contributed by atoms with van der Waals surface area (Å²) in [6.07, 6.45) is 4.71. The van der Waals surface area contributed by atoms with Crippen molar-refractivity contribution in [3.05, 3.63) is 92.2 Å². The number of likely N-dealkylation sites (N-methyl/N-ethyl adjacent to an activating group) is 1. The van der Waals surface area contributed by atoms with E-state index in [9.17, 15) is 18.7 Å². The van der Waals surface area contributed by atoms with Crippen LogP contribution in [0.1, 0.15) is 36.3 Å². The maximum absolute atomic E-state index is 14.0. The minimum absolute atomic E-state index is 0.0591. The summed E-state index contributed by atoms with van der Waals surface area (Å²) < 4.78 is 39.6. The first-order valence-corrected chi connectivity index (χ1v) is 12.6. The Bertz CT molecular complexity index is 1570. The third-order valence-corrected chi connectivity index (χ3v) is 7.07. The van der Waals surface area contributed by atoms with Crippen LogP contribution in [0.15, 0.2) is 47.0 Å². The largest absolute Gasteiger partial charge is 0.485 e. The number of aliphatic hydroxyl groups is 1. The van der Waals surface area contributed by atoms with E-state index in [1.807, 2.05) is 24.9 Å². The van der Waals surface area contributed by atoms with Crippen LogP contribution in [-0.2, 0) is 16.9 Å². The zero-order valence-electron chi connectivity index (χ0n) is 21.5. The van der Waals surface area contributed by atoms with Crippen molar-refractivity contribution in [2.45, 2.75) is 32.5 Å². The Hall–Kier alpha value is -3.67. The van der Waals surface area contributed by atoms with E-state index >= 15 is 0 Å². The van der Waals surface area contributed by atoms with Crippen LogP contribution in [0.5, 0.6) is 5.75 Å². The van der Waals surface area contributed by atoms with Gasteiger partial charge in [0.15, 0.2) is 11.6 Å². The van der Waals surface area contributed by atoms with Crippen LogP contribution in [0, 0.1) is 18.6 Å². The van der Waals surface area contributed by atoms with Crippen molar-refractivity contribution in [2.24, 2.45) is 0 Å². The lowest BCUT2D eigenvalue weighted by Crippen LogP contribution is -2.31. The smallest absolute Gasteiger partial charge is 0.277 e. The quantitative estimate of drug-likeness (QED) is 0.490. The second-order valence-electron chi connectivity index (χ2n) is 9.63. The van der Waals surface area contributed by atoms with Gasteiger partial charge in [0.25, 0.3) is 5.56 Å². The number of pyridine rings is 2. The van der Waals surface area contributed by atoms with Crippen molar-refractivity contribution in [2.75, 3.05) is 26.8 Å². The number of allylic oxidation sites excluding steroid dienone is 2. The number of hydrogen-bond acceptors (Lipinski definition) is 8. The molecule has 0 unspecified atom stereocenters. The van der Waals surface area contributed by atoms with Gasteiger partial charge in [-0.3, -0.25) is 14.3 Å². The van der Waals surface area contributed by atoms with Gasteiger partial charge >= 0.3 is 0 Å². The van der Waals surface area contributed by atoms with Crippen LogP contribution in [0.4, 0.5) is 8.78 Å². The Morgan fingerprint density at radius 1 is 1.26 bits per heavy atom. The van der Waals surface area contributed by atoms with Crippen molar-refractivity contribution in [3.63, 3.8) is 0 Å². The standard InChI is InChI=1S/C27H26ClF2N5O4/c1-15-12-34(3)22(19-4-6-31-26(33-19)27(37)5-7-38-14-27)10-21(15)35-16(2)8-23(24(28)25(35)36)39-13-20-18(30)9-17(29)11-32-20/h4,6,8-11,37H,5,7,12-14H2,1-3H3/t27-/m0/s1. The van der Waals surface area contributed by atoms with E-state index in [4.69, 9.17) is 21.1 Å². The number of ether oxygens (including phenoxy) is 2. The molecule has 5 heterocycles. The highest BCUT2D eigenvalue weighted by atomic mass is 35.5. The average Bonchev–Trinajstić information content (AvgIpc) is 3.35. The van der Waals surface area contributed by atoms with Gasteiger partial charge in [0, 0.05) is 44.0 Å². The second kappa shape index (κ2) is 10.5. The van der Waals surface area contributed by atoms with Gasteiger partial charge in [-0.05, 0) is 31.6 Å². The highest BCUT2D eigenvalue weighted by Gasteiger charge is 2.37. The molecule has 1 N–H and O–H groups in total. The van der Waals surface area contributed by atoms with Crippen LogP contribution < -0.4 is 10.3 Å². The Morgan fingerprint density at radius 2 is 2.05 bits per heavy atom. The molecule has 9 nitrogen and oxygen atoms in total. The summed E-state index contributed by atoms with van der Waals surface area (Å²) in [6.45, 7) is 4.36. The molecule has 1 atom stereocenters. The van der Waals surface area contributed by atoms with Gasteiger partial charge in [0.05, 0.1) is 36.5 Å². The molecule has 3 aromatic heterocycles. The number of rotatable bonds is 6. The third kappa shape index (κ3) is 5.17. The van der Waals surface area contributed by atoms with Crippen LogP contribution >= 0.6 is 11.6 Å². The van der Waals surface area contributed by atoms with E-state index in [1.165, 1.54) is 4.57 Å². The minimum Gasteiger partial charge on any atom is -0.485 e. The van der Waals surface area contributed by atoms with E-state index in [0.29, 0.717) is 42.7 Å². The molecule has 0 aromatic carbocycles. The fraction of sp³-hybridized carbons (Fsp3) is 0.333. The summed E-state index contributed by atoms with van der Waals surface area (Å²) in [5.74, 6) is -1.32. The number of aromatic nitrogens is 4. The highest BCUT2D eigenvalue weighted by molar-refractivity contribution is 6.31. The van der Waals surface area contributed by atoms with Crippen molar-refractivity contribution >= 4 is 23.0 Å². The fourth-order valence-electron chi connectivity index (χ4n) is 4.65. The molecule has 3 aromatic rings. The van der Waals surface area contributed by atoms with Gasteiger partial charge in [-0.1, -0.05) is 11.6 Å². The summed E-state index contributed by atoms with van der Waals surface area (Å²) >= 11 is 6.41. The van der Waals surface area contributed by atoms with Crippen molar-refractivity contribution < 1.29 is 23.4 Å². The molecule has 0 aliphatic carbocycles. The molecule has 204 valence electrons. The summed E-state index contributed by atoms with van der Waals surface area (Å²) in [5, 5.41) is 10.7. The van der Waals surface area contributed by atoms with Crippen LogP contribution in [0.3, 0.4) is 0 Å². The molecule has 0 saturated carbocycles. The van der Waals surface area contributed by atoms with Gasteiger partial charge < -0.3 is 19.5 Å². The lowest BCUT2D eigenvalue weighted by atomic mass is 10.0. The zero-order valence-corrected chi connectivity index (χ0v) is 22.3. The number of halogens is 3. The lowest BCUT2D eigenvalue weighted by Gasteiger charge is -2.30. The maximum Gasteiger partial charge on any atom is 0.277 e. The zero-order chi connectivity index (χ0) is 27.9. The summed E-state index contributed by atoms with van der Waals surface area (Å²) in [6, 6.07) is 4.03. The van der Waals surface area contributed by atoms with E-state index in [0.717, 1.165) is 17.5 Å². The molecule has 0 radical (unpaired) electrons. The SMILES string of the molecule is CC1=C(n2c(C)cc(OCc3ncc(F)cc3F)c(Cl)c2=O)C=C(c2ccnc([C@]3(O)CCOC3)n2)N(C)C1. The van der Waals surface area contributed by atoms with Crippen LogP contribution in [0.25, 0.3) is 11.4 Å². The normalized spacial score (nSPS) is 19.5. The van der Waals surface area contributed by atoms with E-state index in [-0.39, 0.29) is 35.5 Å². The van der Waals surface area contributed by atoms with Crippen LogP contribution in [0.2, 0.25) is 5.02 Å². The van der Waals surface area contributed by atoms with Crippen molar-refractivity contribution in [1.82, 2.24) is 24.4 Å². The molecule has 0 amide bonds. The summed E-state index contributed by atoms with van der Waals surface area (Å²) in [4.78, 5) is 28.0. The molecule has 12 heteroatoms. The van der Waals surface area contributed by atoms with Crippen molar-refractivity contribution in [1.29, 1.82) is 0 Å². The first kappa shape index (κ1) is 26.9. The molecule has 2 aliphatic heterocycles. The van der Waals surface area contributed by atoms with Gasteiger partial charge in [-0.15, -0.1) is 0 Å². The van der Waals surface area contributed by atoms with E-state index in [1.54, 1.807) is 25.3 Å². The molecule has 1 fully saturated rings. The lowest BCUT2D eigenvalue weighted by molar-refractivity contribution is 0.0152. The minimum atomic E-state index is -1.25. The molecule has 0 spiro atoms. The molecule has 2 aliphatic rings. The van der Waals surface area contributed by atoms with Gasteiger partial charge in [0.1, 0.15) is 34.5 Å². The van der Waals surface area contributed by atoms with Crippen molar-refractivity contribution in [3.8, 4) is 5.75 Å². The van der Waals surface area contributed by atoms with Gasteiger partial charge in [-0.2, -0.15) is 0 Å². The van der Waals surface area contributed by atoms with Crippen LogP contribution in [-0.4, -0.2) is 56.3 Å². The Morgan fingerprint density at radius 3 is 2.77 bits per heavy atom. The number of nitrogens with zero attached hydrogens (tertiary/aromatic N) is 5. The monoisotopic (exact) mass is 557 g/mol. The first-order valence-electron chi connectivity index (χ1n) is 12.2. The number of aryl methyl sites for hydroxylation is 1. The predicted octanol–water partition coefficient (Wildman–Crippen LogP) is 3.68. The van der Waals surface area contributed by atoms with E-state index in [2.05, 4.69) is 15.0 Å². The molecular weight excluding hydrogens is 532 g/mol. The Labute approximate surface area is 228 Å². The Balaban J connectivity index is 1.49. The molecule has 0 bridgehead atoms. The Kier molecular flexibility index (Phi) is 7.23. The summed E-state index contributed by atoms with van der Waals surface area (Å²) in [5.41, 5.74) is 1.48. The maximum atomic E-state index is 14.0. The van der Waals surface area contributed by atoms with E-state index < -0.39 is 22.8 Å².